The second-order valence-electron chi connectivity index (χ2n) is 9.53. The molecule has 1 aliphatic heterocycles. The number of carbonyl (C=O) groups excluding carboxylic acids is 2. The fourth-order valence-corrected chi connectivity index (χ4v) is 4.75. The zero-order valence-corrected chi connectivity index (χ0v) is 21.1. The number of likely N-dealkylation sites (tertiary alicyclic amines) is 1. The summed E-state index contributed by atoms with van der Waals surface area (Å²) < 4.78 is 4.18. The van der Waals surface area contributed by atoms with E-state index in [0.29, 0.717) is 32.5 Å². The van der Waals surface area contributed by atoms with E-state index in [2.05, 4.69) is 48.7 Å². The first-order valence-electron chi connectivity index (χ1n) is 12.4. The van der Waals surface area contributed by atoms with Crippen molar-refractivity contribution < 1.29 is 9.59 Å². The van der Waals surface area contributed by atoms with Gasteiger partial charge >= 0.3 is 0 Å². The maximum Gasteiger partial charge on any atom is 0.246 e. The molecule has 0 radical (unpaired) electrons. The number of aryl methyl sites for hydroxylation is 1. The lowest BCUT2D eigenvalue weighted by atomic mass is 9.95. The molecule has 3 aromatic rings. The molecular formula is C28H35N5O2. The van der Waals surface area contributed by atoms with Crippen molar-refractivity contribution in [2.45, 2.75) is 53.1 Å². The van der Waals surface area contributed by atoms with E-state index >= 15 is 0 Å². The zero-order chi connectivity index (χ0) is 24.9. The summed E-state index contributed by atoms with van der Waals surface area (Å²) in [6.45, 7) is 10.1. The fourth-order valence-electron chi connectivity index (χ4n) is 4.75. The van der Waals surface area contributed by atoms with Crippen LogP contribution in [0.4, 0.5) is 0 Å². The predicted molar refractivity (Wildman–Crippen MR) is 138 cm³/mol. The first-order valence-corrected chi connectivity index (χ1v) is 12.4. The molecule has 3 heterocycles. The van der Waals surface area contributed by atoms with Crippen molar-refractivity contribution in [1.29, 1.82) is 0 Å². The topological polar surface area (TPSA) is 72.2 Å². The lowest BCUT2D eigenvalue weighted by Crippen LogP contribution is -2.42. The monoisotopic (exact) mass is 473 g/mol. The van der Waals surface area contributed by atoms with Gasteiger partial charge in [-0.05, 0) is 63.8 Å². The maximum atomic E-state index is 12.9. The van der Waals surface area contributed by atoms with E-state index in [0.717, 1.165) is 28.3 Å². The Kier molecular flexibility index (Phi) is 7.54. The van der Waals surface area contributed by atoms with Gasteiger partial charge in [0.2, 0.25) is 11.8 Å². The minimum Gasteiger partial charge on any atom is -0.352 e. The summed E-state index contributed by atoms with van der Waals surface area (Å²) in [6, 6.07) is 14.3. The van der Waals surface area contributed by atoms with E-state index < -0.39 is 0 Å². The van der Waals surface area contributed by atoms with Gasteiger partial charge in [-0.15, -0.1) is 0 Å². The number of amides is 2. The highest BCUT2D eigenvalue weighted by Gasteiger charge is 2.26. The lowest BCUT2D eigenvalue weighted by Gasteiger charge is -2.30. The van der Waals surface area contributed by atoms with E-state index in [1.165, 1.54) is 0 Å². The van der Waals surface area contributed by atoms with Crippen LogP contribution in [0.5, 0.6) is 0 Å². The standard InChI is InChI=1S/C28H35N5O2/c1-20(2)33-26(12-15-30-33)32-21(3)18-25(22(32)4)10-11-27(34)31-16-13-24(14-17-31)28(35)29-19-23-8-6-5-7-9-23/h5-12,15,18,20,24H,13-14,16-17,19H2,1-4H3,(H,29,35)/b11-10+. The zero-order valence-electron chi connectivity index (χ0n) is 21.1. The van der Waals surface area contributed by atoms with Gasteiger partial charge in [-0.2, -0.15) is 5.10 Å². The number of carbonyl (C=O) groups is 2. The van der Waals surface area contributed by atoms with Crippen LogP contribution in [-0.2, 0) is 16.1 Å². The van der Waals surface area contributed by atoms with Crippen molar-refractivity contribution in [1.82, 2.24) is 24.6 Å². The van der Waals surface area contributed by atoms with Gasteiger partial charge in [0.05, 0.1) is 6.20 Å². The highest BCUT2D eigenvalue weighted by molar-refractivity contribution is 5.92. The quantitative estimate of drug-likeness (QED) is 0.516. The number of rotatable bonds is 7. The summed E-state index contributed by atoms with van der Waals surface area (Å²) in [6.07, 6.45) is 6.75. The molecule has 0 atom stereocenters. The van der Waals surface area contributed by atoms with E-state index in [1.807, 2.05) is 58.3 Å². The summed E-state index contributed by atoms with van der Waals surface area (Å²) in [7, 11) is 0. The van der Waals surface area contributed by atoms with Crippen molar-refractivity contribution in [3.63, 3.8) is 0 Å². The number of hydrogen-bond donors (Lipinski definition) is 1. The van der Waals surface area contributed by atoms with Crippen molar-refractivity contribution >= 4 is 17.9 Å². The average Bonchev–Trinajstić information content (AvgIpc) is 3.45. The number of piperidine rings is 1. The van der Waals surface area contributed by atoms with E-state index in [-0.39, 0.29) is 23.8 Å². The fraction of sp³-hybridized carbons (Fsp3) is 0.393. The van der Waals surface area contributed by atoms with Gasteiger partial charge in [-0.3, -0.25) is 9.59 Å². The Hall–Kier alpha value is -3.61. The van der Waals surface area contributed by atoms with Gasteiger partial charge in [0.1, 0.15) is 5.82 Å². The molecule has 184 valence electrons. The molecular weight excluding hydrogens is 438 g/mol. The van der Waals surface area contributed by atoms with Crippen molar-refractivity contribution in [3.05, 3.63) is 77.3 Å². The third-order valence-corrected chi connectivity index (χ3v) is 6.73. The first-order chi connectivity index (χ1) is 16.8. The van der Waals surface area contributed by atoms with E-state index in [1.54, 1.807) is 6.08 Å². The van der Waals surface area contributed by atoms with Gasteiger partial charge in [0.25, 0.3) is 0 Å². The Balaban J connectivity index is 1.34. The molecule has 7 heteroatoms. The Morgan fingerprint density at radius 3 is 2.51 bits per heavy atom. The molecule has 1 saturated heterocycles. The number of nitrogens with zero attached hydrogens (tertiary/aromatic N) is 4. The SMILES string of the molecule is Cc1cc(/C=C/C(=O)N2CCC(C(=O)NCc3ccccc3)CC2)c(C)n1-c1ccnn1C(C)C. The van der Waals surface area contributed by atoms with Crippen LogP contribution in [0.3, 0.4) is 0 Å². The molecule has 35 heavy (non-hydrogen) atoms. The number of benzene rings is 1. The Bertz CT molecular complexity index is 1200. The van der Waals surface area contributed by atoms with Crippen LogP contribution in [-0.4, -0.2) is 44.2 Å². The molecule has 1 fully saturated rings. The van der Waals surface area contributed by atoms with Crippen LogP contribution in [0.25, 0.3) is 11.9 Å². The van der Waals surface area contributed by atoms with Crippen LogP contribution >= 0.6 is 0 Å². The summed E-state index contributed by atoms with van der Waals surface area (Å²) in [5.41, 5.74) is 4.27. The Labute approximate surface area is 207 Å². The number of aromatic nitrogens is 3. The largest absolute Gasteiger partial charge is 0.352 e. The molecule has 0 unspecified atom stereocenters. The van der Waals surface area contributed by atoms with Crippen LogP contribution in [0.15, 0.2) is 54.7 Å². The Morgan fingerprint density at radius 2 is 1.83 bits per heavy atom. The molecule has 0 saturated carbocycles. The number of hydrogen-bond acceptors (Lipinski definition) is 3. The first kappa shape index (κ1) is 24.5. The van der Waals surface area contributed by atoms with Crippen LogP contribution in [0.2, 0.25) is 0 Å². The van der Waals surface area contributed by atoms with Crippen LogP contribution in [0.1, 0.15) is 55.2 Å². The molecule has 7 nitrogen and oxygen atoms in total. The van der Waals surface area contributed by atoms with Crippen molar-refractivity contribution in [2.75, 3.05) is 13.1 Å². The Morgan fingerprint density at radius 1 is 1.11 bits per heavy atom. The third kappa shape index (κ3) is 5.56. The minimum atomic E-state index is -0.0449. The van der Waals surface area contributed by atoms with Crippen LogP contribution < -0.4 is 5.32 Å². The molecule has 1 aliphatic rings. The molecule has 1 aromatic carbocycles. The van der Waals surface area contributed by atoms with Gasteiger partial charge in [0.15, 0.2) is 0 Å². The summed E-state index contributed by atoms with van der Waals surface area (Å²) in [4.78, 5) is 27.2. The molecule has 1 N–H and O–H groups in total. The molecule has 0 bridgehead atoms. The summed E-state index contributed by atoms with van der Waals surface area (Å²) in [5, 5.41) is 7.48. The smallest absolute Gasteiger partial charge is 0.246 e. The highest BCUT2D eigenvalue weighted by atomic mass is 16.2. The average molecular weight is 474 g/mol. The normalized spacial score (nSPS) is 14.7. The molecule has 0 aliphatic carbocycles. The predicted octanol–water partition coefficient (Wildman–Crippen LogP) is 4.44. The second-order valence-corrected chi connectivity index (χ2v) is 9.53. The van der Waals surface area contributed by atoms with Crippen LogP contribution in [0, 0.1) is 19.8 Å². The van der Waals surface area contributed by atoms with Crippen molar-refractivity contribution in [2.24, 2.45) is 5.92 Å². The minimum absolute atomic E-state index is 0.00910. The molecule has 4 rings (SSSR count). The van der Waals surface area contributed by atoms with Gasteiger partial charge in [-0.25, -0.2) is 4.68 Å². The van der Waals surface area contributed by atoms with E-state index in [4.69, 9.17) is 0 Å². The maximum absolute atomic E-state index is 12.9. The molecule has 2 aromatic heterocycles. The van der Waals surface area contributed by atoms with Gasteiger partial charge in [0, 0.05) is 55.1 Å². The van der Waals surface area contributed by atoms with Crippen molar-refractivity contribution in [3.8, 4) is 5.82 Å². The molecule has 2 amide bonds. The third-order valence-electron chi connectivity index (χ3n) is 6.73. The lowest BCUT2D eigenvalue weighted by molar-refractivity contribution is -0.132. The van der Waals surface area contributed by atoms with Gasteiger partial charge < -0.3 is 14.8 Å². The molecule has 0 spiro atoms. The number of nitrogens with one attached hydrogen (secondary N) is 1. The van der Waals surface area contributed by atoms with Gasteiger partial charge in [-0.1, -0.05) is 30.3 Å². The summed E-state index contributed by atoms with van der Waals surface area (Å²) >= 11 is 0. The summed E-state index contributed by atoms with van der Waals surface area (Å²) in [5.74, 6) is 1.04. The second kappa shape index (κ2) is 10.8. The van der Waals surface area contributed by atoms with E-state index in [9.17, 15) is 9.59 Å². The highest BCUT2D eigenvalue weighted by Crippen LogP contribution is 2.24.